The van der Waals surface area contributed by atoms with Crippen molar-refractivity contribution in [2.75, 3.05) is 5.32 Å². The molecule has 2 aromatic carbocycles. The Kier molecular flexibility index (Phi) is 4.21. The highest BCUT2D eigenvalue weighted by molar-refractivity contribution is 5.89. The van der Waals surface area contributed by atoms with Crippen LogP contribution in [0.25, 0.3) is 0 Å². The van der Waals surface area contributed by atoms with E-state index in [1.54, 1.807) is 0 Å². The zero-order valence-corrected chi connectivity index (χ0v) is 11.7. The van der Waals surface area contributed by atoms with Crippen LogP contribution in [0.2, 0.25) is 0 Å². The summed E-state index contributed by atoms with van der Waals surface area (Å²) >= 11 is 0. The van der Waals surface area contributed by atoms with Crippen molar-refractivity contribution in [3.8, 4) is 0 Å². The Balaban J connectivity index is 2.33. The first kappa shape index (κ1) is 15.0. The van der Waals surface area contributed by atoms with Crippen molar-refractivity contribution < 1.29 is 18.7 Å². The second-order valence-electron chi connectivity index (χ2n) is 4.84. The van der Waals surface area contributed by atoms with Crippen molar-refractivity contribution in [3.63, 3.8) is 0 Å². The molecule has 2 aromatic rings. The Morgan fingerprint density at radius 3 is 2.48 bits per heavy atom. The molecule has 5 heteroatoms. The standard InChI is InChI=1S/C16H15F2NO2/c1-9-5-3-4-6-11(9)10(2)19-15-7-12(16(20)21)13(17)8-14(15)18/h3-8,10,19H,1-2H3,(H,20,21). The zero-order valence-electron chi connectivity index (χ0n) is 11.7. The van der Waals surface area contributed by atoms with Crippen LogP contribution in [0.1, 0.15) is 34.5 Å². The molecule has 3 nitrogen and oxygen atoms in total. The van der Waals surface area contributed by atoms with E-state index >= 15 is 0 Å². The van der Waals surface area contributed by atoms with Crippen LogP contribution < -0.4 is 5.32 Å². The van der Waals surface area contributed by atoms with E-state index < -0.39 is 23.2 Å². The van der Waals surface area contributed by atoms with E-state index in [0.717, 1.165) is 17.2 Å². The van der Waals surface area contributed by atoms with Gasteiger partial charge in [0.1, 0.15) is 11.6 Å². The Bertz CT molecular complexity index is 686. The molecule has 21 heavy (non-hydrogen) atoms. The molecule has 2 N–H and O–H groups in total. The molecule has 2 rings (SSSR count). The maximum Gasteiger partial charge on any atom is 0.338 e. The number of carbonyl (C=O) groups is 1. The van der Waals surface area contributed by atoms with Gasteiger partial charge in [0.25, 0.3) is 0 Å². The predicted octanol–water partition coefficient (Wildman–Crippen LogP) is 4.14. The first-order valence-electron chi connectivity index (χ1n) is 6.44. The van der Waals surface area contributed by atoms with Crippen LogP contribution in [0.3, 0.4) is 0 Å². The van der Waals surface area contributed by atoms with Gasteiger partial charge in [0.15, 0.2) is 0 Å². The minimum atomic E-state index is -1.43. The Morgan fingerprint density at radius 1 is 1.19 bits per heavy atom. The van der Waals surface area contributed by atoms with Gasteiger partial charge < -0.3 is 10.4 Å². The smallest absolute Gasteiger partial charge is 0.338 e. The molecule has 110 valence electrons. The number of hydrogen-bond acceptors (Lipinski definition) is 2. The van der Waals surface area contributed by atoms with Crippen molar-refractivity contribution in [2.45, 2.75) is 19.9 Å². The van der Waals surface area contributed by atoms with Crippen molar-refractivity contribution >= 4 is 11.7 Å². The van der Waals surface area contributed by atoms with E-state index in [4.69, 9.17) is 5.11 Å². The lowest BCUT2D eigenvalue weighted by atomic mass is 10.0. The van der Waals surface area contributed by atoms with Crippen LogP contribution in [0.4, 0.5) is 14.5 Å². The normalized spacial score (nSPS) is 12.0. The summed E-state index contributed by atoms with van der Waals surface area (Å²) < 4.78 is 27.1. The number of benzene rings is 2. The van der Waals surface area contributed by atoms with Crippen molar-refractivity contribution in [2.24, 2.45) is 0 Å². The van der Waals surface area contributed by atoms with Crippen molar-refractivity contribution in [1.82, 2.24) is 0 Å². The molecule has 0 saturated heterocycles. The van der Waals surface area contributed by atoms with Gasteiger partial charge in [0.05, 0.1) is 11.3 Å². The Morgan fingerprint density at radius 2 is 1.86 bits per heavy atom. The Hall–Kier alpha value is -2.43. The van der Waals surface area contributed by atoms with Gasteiger partial charge >= 0.3 is 5.97 Å². The number of anilines is 1. The summed E-state index contributed by atoms with van der Waals surface area (Å²) in [6.07, 6.45) is 0. The fourth-order valence-electron chi connectivity index (χ4n) is 2.21. The van der Waals surface area contributed by atoms with Crippen LogP contribution in [-0.2, 0) is 0 Å². The van der Waals surface area contributed by atoms with Crippen LogP contribution in [-0.4, -0.2) is 11.1 Å². The number of hydrogen-bond donors (Lipinski definition) is 2. The quantitative estimate of drug-likeness (QED) is 0.890. The van der Waals surface area contributed by atoms with Gasteiger partial charge in [0, 0.05) is 12.1 Å². The maximum atomic E-state index is 13.8. The third kappa shape index (κ3) is 3.18. The first-order chi connectivity index (χ1) is 9.90. The highest BCUT2D eigenvalue weighted by Crippen LogP contribution is 2.26. The fourth-order valence-corrected chi connectivity index (χ4v) is 2.21. The first-order valence-corrected chi connectivity index (χ1v) is 6.44. The third-order valence-electron chi connectivity index (χ3n) is 3.31. The highest BCUT2D eigenvalue weighted by Gasteiger charge is 2.17. The van der Waals surface area contributed by atoms with Gasteiger partial charge in [-0.25, -0.2) is 13.6 Å². The van der Waals surface area contributed by atoms with E-state index in [0.29, 0.717) is 6.07 Å². The molecule has 0 radical (unpaired) electrons. The van der Waals surface area contributed by atoms with Gasteiger partial charge in [-0.1, -0.05) is 24.3 Å². The molecule has 0 amide bonds. The summed E-state index contributed by atoms with van der Waals surface area (Å²) in [6, 6.07) is 8.89. The number of nitrogens with one attached hydrogen (secondary N) is 1. The van der Waals surface area contributed by atoms with Crippen molar-refractivity contribution in [1.29, 1.82) is 0 Å². The summed E-state index contributed by atoms with van der Waals surface area (Å²) in [5.74, 6) is -3.34. The van der Waals surface area contributed by atoms with Crippen LogP contribution in [0.15, 0.2) is 36.4 Å². The molecule has 0 aliphatic carbocycles. The highest BCUT2D eigenvalue weighted by atomic mass is 19.1. The largest absolute Gasteiger partial charge is 0.478 e. The lowest BCUT2D eigenvalue weighted by Crippen LogP contribution is -2.11. The van der Waals surface area contributed by atoms with Gasteiger partial charge in [-0.15, -0.1) is 0 Å². The number of carboxylic acid groups (broad SMARTS) is 1. The molecule has 0 spiro atoms. The van der Waals surface area contributed by atoms with E-state index in [1.165, 1.54) is 0 Å². The molecule has 1 unspecified atom stereocenters. The van der Waals surface area contributed by atoms with Gasteiger partial charge in [-0.05, 0) is 31.0 Å². The molecular weight excluding hydrogens is 276 g/mol. The number of carboxylic acids is 1. The number of halogens is 2. The van der Waals surface area contributed by atoms with E-state index in [1.807, 2.05) is 38.1 Å². The maximum absolute atomic E-state index is 13.8. The molecule has 0 saturated carbocycles. The molecule has 0 aliphatic heterocycles. The van der Waals surface area contributed by atoms with E-state index in [2.05, 4.69) is 5.32 Å². The molecule has 0 aromatic heterocycles. The third-order valence-corrected chi connectivity index (χ3v) is 3.31. The summed E-state index contributed by atoms with van der Waals surface area (Å²) in [5, 5.41) is 11.8. The summed E-state index contributed by atoms with van der Waals surface area (Å²) in [7, 11) is 0. The molecule has 1 atom stereocenters. The number of aromatic carboxylic acids is 1. The van der Waals surface area contributed by atoms with Crippen LogP contribution in [0, 0.1) is 18.6 Å². The zero-order chi connectivity index (χ0) is 15.6. The SMILES string of the molecule is Cc1ccccc1C(C)Nc1cc(C(=O)O)c(F)cc1F. The minimum absolute atomic E-state index is 0.0375. The average molecular weight is 291 g/mol. The second kappa shape index (κ2) is 5.91. The minimum Gasteiger partial charge on any atom is -0.478 e. The topological polar surface area (TPSA) is 49.3 Å². The summed E-state index contributed by atoms with van der Waals surface area (Å²) in [6.45, 7) is 3.75. The lowest BCUT2D eigenvalue weighted by Gasteiger charge is -2.18. The van der Waals surface area contributed by atoms with Crippen LogP contribution >= 0.6 is 0 Å². The predicted molar refractivity (Wildman–Crippen MR) is 76.5 cm³/mol. The van der Waals surface area contributed by atoms with Crippen molar-refractivity contribution in [3.05, 3.63) is 64.7 Å². The number of aryl methyl sites for hydroxylation is 1. The van der Waals surface area contributed by atoms with E-state index in [-0.39, 0.29) is 11.7 Å². The Labute approximate surface area is 121 Å². The monoisotopic (exact) mass is 291 g/mol. The van der Waals surface area contributed by atoms with Crippen LogP contribution in [0.5, 0.6) is 0 Å². The second-order valence-corrected chi connectivity index (χ2v) is 4.84. The van der Waals surface area contributed by atoms with Gasteiger partial charge in [0.2, 0.25) is 0 Å². The molecule has 0 heterocycles. The average Bonchev–Trinajstić information content (AvgIpc) is 2.41. The molecule has 0 aliphatic rings. The number of rotatable bonds is 4. The fraction of sp³-hybridized carbons (Fsp3) is 0.188. The lowest BCUT2D eigenvalue weighted by molar-refractivity contribution is 0.0692. The summed E-state index contributed by atoms with van der Waals surface area (Å²) in [5.41, 5.74) is 1.39. The molecule has 0 fully saturated rings. The summed E-state index contributed by atoms with van der Waals surface area (Å²) in [4.78, 5) is 10.9. The molecular formula is C16H15F2NO2. The van der Waals surface area contributed by atoms with E-state index in [9.17, 15) is 13.6 Å². The van der Waals surface area contributed by atoms with Gasteiger partial charge in [-0.3, -0.25) is 0 Å². The van der Waals surface area contributed by atoms with Gasteiger partial charge in [-0.2, -0.15) is 0 Å². The molecule has 0 bridgehead atoms.